The first kappa shape index (κ1) is 14.4. The lowest BCUT2D eigenvalue weighted by molar-refractivity contribution is -0.112. The normalized spacial score (nSPS) is 15.0. The van der Waals surface area contributed by atoms with Crippen LogP contribution < -0.4 is 4.90 Å². The summed E-state index contributed by atoms with van der Waals surface area (Å²) in [6.45, 7) is 0. The van der Waals surface area contributed by atoms with E-state index in [0.29, 0.717) is 11.1 Å². The molecular weight excluding hydrogens is 301 g/mol. The molecule has 1 aliphatic heterocycles. The van der Waals surface area contributed by atoms with Gasteiger partial charge in [0.05, 0.1) is 11.3 Å². The van der Waals surface area contributed by atoms with E-state index in [4.69, 9.17) is 0 Å². The van der Waals surface area contributed by atoms with Gasteiger partial charge in [0.15, 0.2) is 0 Å². The zero-order valence-electron chi connectivity index (χ0n) is 12.8. The minimum absolute atomic E-state index is 0.148. The minimum Gasteiger partial charge on any atom is -0.276 e. The number of halogens is 1. The largest absolute Gasteiger partial charge is 0.276 e. The van der Waals surface area contributed by atoms with Crippen molar-refractivity contribution in [2.45, 2.75) is 0 Å². The van der Waals surface area contributed by atoms with Crippen LogP contribution in [0.1, 0.15) is 11.1 Å². The number of nitrogens with zero attached hydrogens (tertiary/aromatic N) is 1. The zero-order valence-corrected chi connectivity index (χ0v) is 12.8. The Morgan fingerprint density at radius 1 is 0.792 bits per heavy atom. The zero-order chi connectivity index (χ0) is 16.5. The highest BCUT2D eigenvalue weighted by Gasteiger charge is 2.33. The third-order valence-corrected chi connectivity index (χ3v) is 4.09. The molecule has 24 heavy (non-hydrogen) atoms. The Kier molecular flexibility index (Phi) is 3.47. The van der Waals surface area contributed by atoms with Crippen molar-refractivity contribution < 1.29 is 9.18 Å². The van der Waals surface area contributed by atoms with E-state index in [1.54, 1.807) is 29.2 Å². The molecule has 2 nitrogen and oxygen atoms in total. The van der Waals surface area contributed by atoms with E-state index in [1.165, 1.54) is 6.07 Å². The fourth-order valence-corrected chi connectivity index (χ4v) is 2.96. The molecule has 4 rings (SSSR count). The van der Waals surface area contributed by atoms with Crippen molar-refractivity contribution >= 4 is 28.9 Å². The highest BCUT2D eigenvalue weighted by molar-refractivity contribution is 6.37. The fraction of sp³-hybridized carbons (Fsp3) is 0. The molecule has 0 radical (unpaired) electrons. The second-order valence-corrected chi connectivity index (χ2v) is 5.57. The Morgan fingerprint density at radius 3 is 2.25 bits per heavy atom. The Hall–Kier alpha value is -3.20. The quantitative estimate of drug-likeness (QED) is 0.606. The first-order valence-corrected chi connectivity index (χ1v) is 7.71. The van der Waals surface area contributed by atoms with Gasteiger partial charge >= 0.3 is 0 Å². The van der Waals surface area contributed by atoms with E-state index >= 15 is 0 Å². The molecule has 0 aliphatic carbocycles. The average Bonchev–Trinajstić information content (AvgIpc) is 2.90. The topological polar surface area (TPSA) is 20.3 Å². The number of carbonyl (C=O) groups excluding carboxylic acids is 1. The summed E-state index contributed by atoms with van der Waals surface area (Å²) in [6, 6.07) is 23.5. The number of anilines is 2. The highest BCUT2D eigenvalue weighted by Crippen LogP contribution is 2.42. The summed E-state index contributed by atoms with van der Waals surface area (Å²) < 4.78 is 14.0. The maximum Gasteiger partial charge on any atom is 0.263 e. The van der Waals surface area contributed by atoms with Crippen LogP contribution in [-0.4, -0.2) is 5.91 Å². The molecule has 0 fully saturated rings. The van der Waals surface area contributed by atoms with Gasteiger partial charge in [-0.1, -0.05) is 54.6 Å². The van der Waals surface area contributed by atoms with Crippen LogP contribution in [0.2, 0.25) is 0 Å². The van der Waals surface area contributed by atoms with Gasteiger partial charge in [-0.15, -0.1) is 0 Å². The van der Waals surface area contributed by atoms with Crippen molar-refractivity contribution in [2.75, 3.05) is 4.90 Å². The van der Waals surface area contributed by atoms with Gasteiger partial charge in [0.25, 0.3) is 5.91 Å². The molecule has 3 aromatic carbocycles. The van der Waals surface area contributed by atoms with Gasteiger partial charge in [-0.25, -0.2) is 4.39 Å². The van der Waals surface area contributed by atoms with Crippen molar-refractivity contribution in [3.8, 4) is 0 Å². The van der Waals surface area contributed by atoms with E-state index in [1.807, 2.05) is 54.6 Å². The smallest absolute Gasteiger partial charge is 0.263 e. The Balaban J connectivity index is 1.89. The van der Waals surface area contributed by atoms with Crippen LogP contribution in [0.4, 0.5) is 15.8 Å². The first-order valence-electron chi connectivity index (χ1n) is 7.71. The highest BCUT2D eigenvalue weighted by atomic mass is 19.1. The van der Waals surface area contributed by atoms with Crippen molar-refractivity contribution in [1.82, 2.24) is 0 Å². The van der Waals surface area contributed by atoms with Crippen LogP contribution in [0.5, 0.6) is 0 Å². The van der Waals surface area contributed by atoms with Gasteiger partial charge < -0.3 is 0 Å². The van der Waals surface area contributed by atoms with Crippen molar-refractivity contribution in [3.05, 3.63) is 95.8 Å². The monoisotopic (exact) mass is 315 g/mol. The lowest BCUT2D eigenvalue weighted by Crippen LogP contribution is -2.20. The van der Waals surface area contributed by atoms with Crippen LogP contribution in [0.15, 0.2) is 78.9 Å². The van der Waals surface area contributed by atoms with E-state index < -0.39 is 0 Å². The molecule has 0 bridgehead atoms. The lowest BCUT2D eigenvalue weighted by atomic mass is 10.0. The molecule has 0 spiro atoms. The van der Waals surface area contributed by atoms with Crippen LogP contribution >= 0.6 is 0 Å². The molecule has 116 valence electrons. The molecule has 1 heterocycles. The van der Waals surface area contributed by atoms with Gasteiger partial charge in [0.1, 0.15) is 5.82 Å². The van der Waals surface area contributed by atoms with Gasteiger partial charge in [0, 0.05) is 16.8 Å². The molecule has 0 saturated heterocycles. The number of benzene rings is 3. The van der Waals surface area contributed by atoms with Crippen LogP contribution in [0.3, 0.4) is 0 Å². The van der Waals surface area contributed by atoms with Gasteiger partial charge in [-0.3, -0.25) is 9.69 Å². The molecule has 0 aromatic heterocycles. The number of hydrogen-bond acceptors (Lipinski definition) is 1. The summed E-state index contributed by atoms with van der Waals surface area (Å²) in [5, 5.41) is 0. The predicted octanol–water partition coefficient (Wildman–Crippen LogP) is 5.04. The standard InChI is InChI=1S/C21H14FNO/c22-19-12-6-4-8-15(19)14-18-17-11-5-7-13-20(17)23(21(18)24)16-9-2-1-3-10-16/h1-14H. The second kappa shape index (κ2) is 5.78. The average molecular weight is 315 g/mol. The number of para-hydroxylation sites is 2. The summed E-state index contributed by atoms with van der Waals surface area (Å²) in [5.41, 5.74) is 3.34. The van der Waals surface area contributed by atoms with Gasteiger partial charge in [-0.2, -0.15) is 0 Å². The maximum absolute atomic E-state index is 14.0. The number of amides is 1. The van der Waals surface area contributed by atoms with E-state index in [9.17, 15) is 9.18 Å². The maximum atomic E-state index is 14.0. The fourth-order valence-electron chi connectivity index (χ4n) is 2.96. The van der Waals surface area contributed by atoms with E-state index in [0.717, 1.165) is 16.9 Å². The molecule has 1 aliphatic rings. The van der Waals surface area contributed by atoms with Gasteiger partial charge in [0.2, 0.25) is 0 Å². The van der Waals surface area contributed by atoms with E-state index in [2.05, 4.69) is 0 Å². The SMILES string of the molecule is O=C1C(=Cc2ccccc2F)c2ccccc2N1c1ccccc1. The summed E-state index contributed by atoms with van der Waals surface area (Å²) in [4.78, 5) is 14.7. The predicted molar refractivity (Wildman–Crippen MR) is 94.3 cm³/mol. The molecule has 0 atom stereocenters. The Bertz CT molecular complexity index is 947. The summed E-state index contributed by atoms with van der Waals surface area (Å²) in [7, 11) is 0. The molecule has 3 aromatic rings. The Morgan fingerprint density at radius 2 is 1.46 bits per heavy atom. The molecule has 0 N–H and O–H groups in total. The number of rotatable bonds is 2. The van der Waals surface area contributed by atoms with Crippen LogP contribution in [0.25, 0.3) is 11.6 Å². The van der Waals surface area contributed by atoms with Crippen LogP contribution in [0, 0.1) is 5.82 Å². The molecule has 0 unspecified atom stereocenters. The van der Waals surface area contributed by atoms with Crippen LogP contribution in [-0.2, 0) is 4.79 Å². The van der Waals surface area contributed by atoms with Gasteiger partial charge in [-0.05, 0) is 30.3 Å². The third-order valence-electron chi connectivity index (χ3n) is 4.09. The van der Waals surface area contributed by atoms with E-state index in [-0.39, 0.29) is 11.7 Å². The first-order chi connectivity index (χ1) is 11.8. The molecule has 0 saturated carbocycles. The third kappa shape index (κ3) is 2.31. The number of fused-ring (bicyclic) bond motifs is 1. The molecule has 1 amide bonds. The minimum atomic E-state index is -0.339. The van der Waals surface area contributed by atoms with Crippen molar-refractivity contribution in [3.63, 3.8) is 0 Å². The summed E-state index contributed by atoms with van der Waals surface area (Å²) >= 11 is 0. The van der Waals surface area contributed by atoms with Crippen molar-refractivity contribution in [2.24, 2.45) is 0 Å². The summed E-state index contributed by atoms with van der Waals surface area (Å²) in [6.07, 6.45) is 1.62. The number of carbonyl (C=O) groups is 1. The Labute approximate surface area is 139 Å². The van der Waals surface area contributed by atoms with Crippen molar-refractivity contribution in [1.29, 1.82) is 0 Å². The summed E-state index contributed by atoms with van der Waals surface area (Å²) in [5.74, 6) is -0.487. The molecule has 3 heteroatoms. The second-order valence-electron chi connectivity index (χ2n) is 5.57. The lowest BCUT2D eigenvalue weighted by Gasteiger charge is -2.16. The molecular formula is C21H14FNO. The number of hydrogen-bond donors (Lipinski definition) is 0.